The number of aromatic hydroxyl groups is 1. The molecule has 246 valence electrons. The molecular weight excluding hydrogens is 604 g/mol. The number of benzene rings is 4. The summed E-state index contributed by atoms with van der Waals surface area (Å²) >= 11 is 0. The minimum Gasteiger partial charge on any atom is -0.508 e. The number of nitrogens with one attached hydrogen (secondary N) is 1. The molecule has 0 bridgehead atoms. The van der Waals surface area contributed by atoms with Gasteiger partial charge in [-0.2, -0.15) is 10.2 Å². The predicted octanol–water partition coefficient (Wildman–Crippen LogP) is 5.94. The Hall–Kier alpha value is -5.39. The molecule has 6 aromatic rings. The zero-order valence-corrected chi connectivity index (χ0v) is 27.4. The molecule has 2 aromatic heterocycles. The lowest BCUT2D eigenvalue weighted by Crippen LogP contribution is -2.38. The van der Waals surface area contributed by atoms with Gasteiger partial charge in [-0.3, -0.25) is 9.69 Å². The molecular formula is C37H40N8O3. The lowest BCUT2D eigenvalue weighted by atomic mass is 10.0. The molecule has 7 rings (SSSR count). The van der Waals surface area contributed by atoms with Crippen LogP contribution in [0.25, 0.3) is 44.1 Å². The van der Waals surface area contributed by atoms with Gasteiger partial charge in [-0.05, 0) is 66.6 Å². The lowest BCUT2D eigenvalue weighted by molar-refractivity contribution is 0.0360. The van der Waals surface area contributed by atoms with Gasteiger partial charge in [-0.25, -0.2) is 9.36 Å². The number of phenols is 1. The van der Waals surface area contributed by atoms with Gasteiger partial charge >= 0.3 is 0 Å². The lowest BCUT2D eigenvalue weighted by Gasteiger charge is -2.26. The van der Waals surface area contributed by atoms with Gasteiger partial charge in [-0.15, -0.1) is 0 Å². The third kappa shape index (κ3) is 5.94. The average Bonchev–Trinajstić information content (AvgIpc) is 3.62. The molecule has 6 N–H and O–H groups in total. The molecule has 1 aliphatic heterocycles. The number of amides is 1. The van der Waals surface area contributed by atoms with Crippen molar-refractivity contribution < 1.29 is 14.6 Å². The summed E-state index contributed by atoms with van der Waals surface area (Å²) in [5.41, 5.74) is 16.0. The van der Waals surface area contributed by atoms with E-state index < -0.39 is 11.4 Å². The quantitative estimate of drug-likeness (QED) is 0.159. The van der Waals surface area contributed by atoms with Gasteiger partial charge in [0.1, 0.15) is 40.0 Å². The highest BCUT2D eigenvalue weighted by atomic mass is 16.5. The Labute approximate surface area is 278 Å². The summed E-state index contributed by atoms with van der Waals surface area (Å²) in [6.07, 6.45) is 0. The number of ether oxygens (including phenoxy) is 1. The van der Waals surface area contributed by atoms with Crippen LogP contribution in [-0.4, -0.2) is 68.3 Å². The number of rotatable bonds is 8. The van der Waals surface area contributed by atoms with E-state index >= 15 is 0 Å². The van der Waals surface area contributed by atoms with Crippen molar-refractivity contribution in [2.24, 2.45) is 5.73 Å². The number of nitrogens with zero attached hydrogens (tertiary/aromatic N) is 5. The molecule has 48 heavy (non-hydrogen) atoms. The molecule has 1 saturated heterocycles. The Bertz CT molecular complexity index is 2150. The number of phenolic OH excluding ortho intramolecular Hbond substituents is 1. The number of morpholine rings is 1. The smallest absolute Gasteiger partial charge is 0.254 e. The van der Waals surface area contributed by atoms with Gasteiger partial charge < -0.3 is 26.6 Å². The van der Waals surface area contributed by atoms with E-state index in [-0.39, 0.29) is 11.3 Å². The molecule has 11 nitrogen and oxygen atoms in total. The predicted molar refractivity (Wildman–Crippen MR) is 190 cm³/mol. The van der Waals surface area contributed by atoms with E-state index in [1.54, 1.807) is 16.8 Å². The van der Waals surface area contributed by atoms with E-state index in [1.807, 2.05) is 67.9 Å². The number of hydrogen-bond donors (Lipinski definition) is 4. The fraction of sp³-hybridized carbons (Fsp3) is 0.270. The average molecular weight is 645 g/mol. The minimum atomic E-state index is -0.626. The molecule has 0 radical (unpaired) electrons. The second kappa shape index (κ2) is 12.3. The second-order valence-electron chi connectivity index (χ2n) is 13.2. The van der Waals surface area contributed by atoms with Crippen molar-refractivity contribution in [2.45, 2.75) is 32.9 Å². The maximum absolute atomic E-state index is 13.4. The number of carbonyl (C=O) groups is 1. The van der Waals surface area contributed by atoms with Crippen LogP contribution in [0.4, 0.5) is 17.3 Å². The van der Waals surface area contributed by atoms with Gasteiger partial charge in [0.2, 0.25) is 0 Å². The summed E-state index contributed by atoms with van der Waals surface area (Å²) in [5, 5.41) is 27.5. The van der Waals surface area contributed by atoms with E-state index in [2.05, 4.69) is 34.5 Å². The van der Waals surface area contributed by atoms with Gasteiger partial charge in [0.15, 0.2) is 0 Å². The van der Waals surface area contributed by atoms with Crippen LogP contribution in [-0.2, 0) is 16.8 Å². The first-order chi connectivity index (χ1) is 23.1. The van der Waals surface area contributed by atoms with Crippen LogP contribution < -0.4 is 16.8 Å². The number of nitrogen functional groups attached to an aromatic ring is 1. The fourth-order valence-electron chi connectivity index (χ4n) is 6.32. The maximum Gasteiger partial charge on any atom is 0.254 e. The summed E-state index contributed by atoms with van der Waals surface area (Å²) in [6.45, 7) is 10.5. The molecule has 0 unspecified atom stereocenters. The third-order valence-corrected chi connectivity index (χ3v) is 8.85. The van der Waals surface area contributed by atoms with E-state index in [1.165, 1.54) is 0 Å². The van der Waals surface area contributed by atoms with Crippen LogP contribution in [0.15, 0.2) is 78.9 Å². The maximum atomic E-state index is 13.4. The van der Waals surface area contributed by atoms with Crippen LogP contribution in [0.1, 0.15) is 31.1 Å². The summed E-state index contributed by atoms with van der Waals surface area (Å²) in [7, 11) is 0. The SMILES string of the molecule is CC(C)(C)n1nc(-c2ccc3cc(O)ccc3c2)c(C(N)=O)c1Nc1c(-c2ccc3ccccc3c2)nn(CCN2CCOCC2)c1N. The molecule has 0 atom stereocenters. The molecule has 1 amide bonds. The van der Waals surface area contributed by atoms with Crippen LogP contribution in [0.3, 0.4) is 0 Å². The Kier molecular flexibility index (Phi) is 8.02. The number of nitrogens with two attached hydrogens (primary N) is 2. The van der Waals surface area contributed by atoms with Gasteiger partial charge in [0, 0.05) is 30.8 Å². The van der Waals surface area contributed by atoms with Gasteiger partial charge in [0.25, 0.3) is 5.91 Å². The first-order valence-electron chi connectivity index (χ1n) is 16.2. The normalized spacial score (nSPS) is 14.1. The zero-order chi connectivity index (χ0) is 33.6. The van der Waals surface area contributed by atoms with Crippen molar-refractivity contribution in [3.8, 4) is 28.3 Å². The molecule has 3 heterocycles. The van der Waals surface area contributed by atoms with Crippen LogP contribution in [0, 0.1) is 0 Å². The number of fused-ring (bicyclic) bond motifs is 2. The highest BCUT2D eigenvalue weighted by Gasteiger charge is 2.31. The van der Waals surface area contributed by atoms with Crippen molar-refractivity contribution in [1.82, 2.24) is 24.5 Å². The van der Waals surface area contributed by atoms with E-state index in [0.29, 0.717) is 48.5 Å². The summed E-state index contributed by atoms with van der Waals surface area (Å²) in [5.74, 6) is 0.425. The number of hydrogen-bond acceptors (Lipinski definition) is 8. The summed E-state index contributed by atoms with van der Waals surface area (Å²) in [4.78, 5) is 15.7. The molecule has 1 aliphatic rings. The highest BCUT2D eigenvalue weighted by Crippen LogP contribution is 2.40. The fourth-order valence-corrected chi connectivity index (χ4v) is 6.32. The second-order valence-corrected chi connectivity index (χ2v) is 13.2. The Balaban J connectivity index is 1.37. The Morgan fingerprint density at radius 2 is 1.48 bits per heavy atom. The van der Waals surface area contributed by atoms with Crippen molar-refractivity contribution in [3.05, 3.63) is 84.4 Å². The number of carbonyl (C=O) groups excluding carboxylic acids is 1. The zero-order valence-electron chi connectivity index (χ0n) is 27.4. The molecule has 4 aromatic carbocycles. The van der Waals surface area contributed by atoms with Crippen LogP contribution in [0.5, 0.6) is 5.75 Å². The van der Waals surface area contributed by atoms with Crippen LogP contribution in [0.2, 0.25) is 0 Å². The molecule has 1 fully saturated rings. The van der Waals surface area contributed by atoms with Crippen molar-refractivity contribution in [1.29, 1.82) is 0 Å². The minimum absolute atomic E-state index is 0.182. The van der Waals surface area contributed by atoms with Gasteiger partial charge in [-0.1, -0.05) is 54.6 Å². The number of aromatic nitrogens is 4. The standard InChI is InChI=1S/C37H40N8O3/c1-37(2,3)45-36(30(35(39)47)31(42-45)27-11-9-26-22-29(46)13-12-25(26)21-27)40-33-32(28-10-8-23-6-4-5-7-24(23)20-28)41-44(34(33)38)15-14-43-16-18-48-19-17-43/h4-13,20-22,40,46H,14-19,38H2,1-3H3,(H2,39,47). The first kappa shape index (κ1) is 31.2. The molecule has 0 saturated carbocycles. The van der Waals surface area contributed by atoms with E-state index in [9.17, 15) is 9.90 Å². The highest BCUT2D eigenvalue weighted by molar-refractivity contribution is 6.06. The molecule has 0 aliphatic carbocycles. The Morgan fingerprint density at radius 3 is 2.19 bits per heavy atom. The molecule has 0 spiro atoms. The van der Waals surface area contributed by atoms with Crippen molar-refractivity contribution in [2.75, 3.05) is 43.9 Å². The largest absolute Gasteiger partial charge is 0.508 e. The third-order valence-electron chi connectivity index (χ3n) is 8.85. The summed E-state index contributed by atoms with van der Waals surface area (Å²) in [6, 6.07) is 25.3. The topological polar surface area (TPSA) is 149 Å². The Morgan fingerprint density at radius 1 is 0.854 bits per heavy atom. The van der Waals surface area contributed by atoms with Crippen molar-refractivity contribution in [3.63, 3.8) is 0 Å². The number of primary amides is 1. The van der Waals surface area contributed by atoms with E-state index in [0.717, 1.165) is 52.3 Å². The van der Waals surface area contributed by atoms with E-state index in [4.69, 9.17) is 26.4 Å². The molecule has 11 heteroatoms. The summed E-state index contributed by atoms with van der Waals surface area (Å²) < 4.78 is 9.14. The van der Waals surface area contributed by atoms with Crippen molar-refractivity contribution >= 4 is 44.8 Å². The van der Waals surface area contributed by atoms with Crippen LogP contribution >= 0.6 is 0 Å². The first-order valence-corrected chi connectivity index (χ1v) is 16.2. The number of anilines is 3. The van der Waals surface area contributed by atoms with Gasteiger partial charge in [0.05, 0.1) is 25.3 Å². The monoisotopic (exact) mass is 644 g/mol.